The predicted molar refractivity (Wildman–Crippen MR) is 88.9 cm³/mol. The first-order valence-corrected chi connectivity index (χ1v) is 7.77. The van der Waals surface area contributed by atoms with Gasteiger partial charge in [0, 0.05) is 27.5 Å². The van der Waals surface area contributed by atoms with Crippen molar-refractivity contribution in [2.24, 2.45) is 0 Å². The molecule has 0 bridgehead atoms. The second-order valence-corrected chi connectivity index (χ2v) is 5.96. The Morgan fingerprint density at radius 1 is 1.05 bits per heavy atom. The van der Waals surface area contributed by atoms with Crippen LogP contribution in [0.15, 0.2) is 65.5 Å². The number of aromatic nitrogens is 2. The van der Waals surface area contributed by atoms with Gasteiger partial charge in [-0.15, -0.1) is 11.3 Å². The van der Waals surface area contributed by atoms with Crippen molar-refractivity contribution in [3.8, 4) is 10.4 Å². The molecule has 4 aromatic rings. The number of nitrogens with zero attached hydrogens (tertiary/aromatic N) is 2. The van der Waals surface area contributed by atoms with Gasteiger partial charge in [-0.25, -0.2) is 9.97 Å². The third-order valence-corrected chi connectivity index (χ3v) is 4.53. The Kier molecular flexibility index (Phi) is 3.33. The molecule has 0 aliphatic heterocycles. The fraction of sp³-hybridized carbons (Fsp3) is 0.0588. The van der Waals surface area contributed by atoms with Crippen LogP contribution in [-0.4, -0.2) is 9.97 Å². The molecule has 0 spiro atoms. The van der Waals surface area contributed by atoms with Crippen molar-refractivity contribution in [1.82, 2.24) is 9.97 Å². The van der Waals surface area contributed by atoms with E-state index in [1.807, 2.05) is 24.5 Å². The van der Waals surface area contributed by atoms with E-state index in [1.54, 1.807) is 17.6 Å². The zero-order valence-electron chi connectivity index (χ0n) is 11.7. The van der Waals surface area contributed by atoms with Crippen molar-refractivity contribution in [3.63, 3.8) is 0 Å². The first-order valence-electron chi connectivity index (χ1n) is 6.96. The molecular weight excluding hydrogens is 294 g/mol. The Morgan fingerprint density at radius 3 is 2.68 bits per heavy atom. The summed E-state index contributed by atoms with van der Waals surface area (Å²) >= 11 is 1.75. The number of fused-ring (bicyclic) bond motifs is 1. The van der Waals surface area contributed by atoms with Gasteiger partial charge in [0.2, 0.25) is 5.95 Å². The van der Waals surface area contributed by atoms with Crippen LogP contribution < -0.4 is 5.32 Å². The SMILES string of the molecule is c1coc(CNc2ncc(-c3cc4ccccc4s3)cn2)c1. The molecule has 4 rings (SSSR count). The lowest BCUT2D eigenvalue weighted by atomic mass is 10.2. The van der Waals surface area contributed by atoms with Crippen molar-refractivity contribution >= 4 is 27.4 Å². The molecule has 3 heterocycles. The molecule has 1 aromatic carbocycles. The smallest absolute Gasteiger partial charge is 0.222 e. The molecule has 0 unspecified atom stereocenters. The molecule has 22 heavy (non-hydrogen) atoms. The van der Waals surface area contributed by atoms with Crippen LogP contribution in [0.25, 0.3) is 20.5 Å². The van der Waals surface area contributed by atoms with E-state index >= 15 is 0 Å². The Morgan fingerprint density at radius 2 is 1.91 bits per heavy atom. The van der Waals surface area contributed by atoms with Crippen LogP contribution in [0.2, 0.25) is 0 Å². The summed E-state index contributed by atoms with van der Waals surface area (Å²) in [7, 11) is 0. The number of thiophene rings is 1. The first kappa shape index (κ1) is 13.0. The van der Waals surface area contributed by atoms with Gasteiger partial charge in [0.05, 0.1) is 12.8 Å². The summed E-state index contributed by atoms with van der Waals surface area (Å²) < 4.78 is 6.54. The quantitative estimate of drug-likeness (QED) is 0.600. The van der Waals surface area contributed by atoms with Crippen molar-refractivity contribution in [3.05, 3.63) is 66.9 Å². The summed E-state index contributed by atoms with van der Waals surface area (Å²) in [5.74, 6) is 1.46. The van der Waals surface area contributed by atoms with Crippen molar-refractivity contribution in [2.45, 2.75) is 6.54 Å². The predicted octanol–water partition coefficient (Wildman–Crippen LogP) is 4.56. The van der Waals surface area contributed by atoms with Crippen LogP contribution in [-0.2, 0) is 6.54 Å². The lowest BCUT2D eigenvalue weighted by Crippen LogP contribution is -2.02. The number of benzene rings is 1. The minimum Gasteiger partial charge on any atom is -0.467 e. The van der Waals surface area contributed by atoms with Crippen LogP contribution in [0.4, 0.5) is 5.95 Å². The first-order chi connectivity index (χ1) is 10.9. The number of anilines is 1. The lowest BCUT2D eigenvalue weighted by molar-refractivity contribution is 0.517. The Labute approximate surface area is 131 Å². The van der Waals surface area contributed by atoms with Gasteiger partial charge in [-0.3, -0.25) is 0 Å². The van der Waals surface area contributed by atoms with Crippen LogP contribution >= 0.6 is 11.3 Å². The minimum absolute atomic E-state index is 0.579. The Balaban J connectivity index is 1.53. The molecule has 0 fully saturated rings. The molecule has 0 aliphatic carbocycles. The van der Waals surface area contributed by atoms with Gasteiger partial charge in [0.25, 0.3) is 0 Å². The maximum Gasteiger partial charge on any atom is 0.222 e. The monoisotopic (exact) mass is 307 g/mol. The van der Waals surface area contributed by atoms with E-state index < -0.39 is 0 Å². The highest BCUT2D eigenvalue weighted by Crippen LogP contribution is 2.32. The van der Waals surface area contributed by atoms with Crippen LogP contribution in [0.5, 0.6) is 0 Å². The highest BCUT2D eigenvalue weighted by molar-refractivity contribution is 7.22. The maximum absolute atomic E-state index is 5.27. The number of hydrogen-bond acceptors (Lipinski definition) is 5. The normalized spacial score (nSPS) is 10.9. The second-order valence-electron chi connectivity index (χ2n) is 4.88. The largest absolute Gasteiger partial charge is 0.467 e. The topological polar surface area (TPSA) is 51.0 Å². The molecule has 0 atom stereocenters. The van der Waals surface area contributed by atoms with Gasteiger partial charge < -0.3 is 9.73 Å². The van der Waals surface area contributed by atoms with E-state index in [0.717, 1.165) is 11.3 Å². The average Bonchev–Trinajstić information content (AvgIpc) is 3.22. The van der Waals surface area contributed by atoms with Crippen LogP contribution in [0.1, 0.15) is 5.76 Å². The lowest BCUT2D eigenvalue weighted by Gasteiger charge is -2.03. The van der Waals surface area contributed by atoms with E-state index in [9.17, 15) is 0 Å². The molecule has 0 aliphatic rings. The highest BCUT2D eigenvalue weighted by Gasteiger charge is 2.05. The summed E-state index contributed by atoms with van der Waals surface area (Å²) in [5, 5.41) is 4.39. The number of furan rings is 1. The van der Waals surface area contributed by atoms with Crippen LogP contribution in [0, 0.1) is 0 Å². The van der Waals surface area contributed by atoms with E-state index in [-0.39, 0.29) is 0 Å². The molecule has 4 nitrogen and oxygen atoms in total. The molecule has 1 N–H and O–H groups in total. The van der Waals surface area contributed by atoms with E-state index in [1.165, 1.54) is 15.0 Å². The van der Waals surface area contributed by atoms with Gasteiger partial charge in [-0.05, 0) is 29.7 Å². The third kappa shape index (κ3) is 2.58. The maximum atomic E-state index is 5.27. The molecule has 0 amide bonds. The molecular formula is C17H13N3OS. The average molecular weight is 307 g/mol. The molecule has 0 saturated heterocycles. The molecule has 3 aromatic heterocycles. The van der Waals surface area contributed by atoms with Gasteiger partial charge in [-0.1, -0.05) is 18.2 Å². The fourth-order valence-corrected chi connectivity index (χ4v) is 3.29. The molecule has 0 radical (unpaired) electrons. The summed E-state index contributed by atoms with van der Waals surface area (Å²) in [5.41, 5.74) is 1.03. The van der Waals surface area contributed by atoms with E-state index in [2.05, 4.69) is 45.6 Å². The van der Waals surface area contributed by atoms with Gasteiger partial charge in [0.1, 0.15) is 5.76 Å². The van der Waals surface area contributed by atoms with E-state index in [0.29, 0.717) is 12.5 Å². The van der Waals surface area contributed by atoms with Crippen molar-refractivity contribution in [2.75, 3.05) is 5.32 Å². The fourth-order valence-electron chi connectivity index (χ4n) is 2.25. The Bertz CT molecular complexity index is 849. The zero-order chi connectivity index (χ0) is 14.8. The minimum atomic E-state index is 0.579. The molecule has 108 valence electrons. The third-order valence-electron chi connectivity index (χ3n) is 3.36. The summed E-state index contributed by atoms with van der Waals surface area (Å²) in [6.45, 7) is 0.579. The number of rotatable bonds is 4. The summed E-state index contributed by atoms with van der Waals surface area (Å²) in [6.07, 6.45) is 5.35. The summed E-state index contributed by atoms with van der Waals surface area (Å²) in [4.78, 5) is 9.91. The summed E-state index contributed by atoms with van der Waals surface area (Å²) in [6, 6.07) is 14.3. The van der Waals surface area contributed by atoms with Gasteiger partial charge in [0.15, 0.2) is 0 Å². The molecule has 0 saturated carbocycles. The van der Waals surface area contributed by atoms with Gasteiger partial charge in [-0.2, -0.15) is 0 Å². The van der Waals surface area contributed by atoms with Crippen LogP contribution in [0.3, 0.4) is 0 Å². The van der Waals surface area contributed by atoms with Crippen molar-refractivity contribution < 1.29 is 4.42 Å². The Hall–Kier alpha value is -2.66. The standard InChI is InChI=1S/C17H13N3OS/c1-2-6-15-12(4-1)8-16(22-15)13-9-18-17(19-10-13)20-11-14-5-3-7-21-14/h1-10H,11H2,(H,18,19,20). The second kappa shape index (κ2) is 5.61. The van der Waals surface area contributed by atoms with Crippen molar-refractivity contribution in [1.29, 1.82) is 0 Å². The number of nitrogens with one attached hydrogen (secondary N) is 1. The molecule has 5 heteroatoms. The number of hydrogen-bond donors (Lipinski definition) is 1. The highest BCUT2D eigenvalue weighted by atomic mass is 32.1. The van der Waals surface area contributed by atoms with Gasteiger partial charge >= 0.3 is 0 Å². The zero-order valence-corrected chi connectivity index (χ0v) is 12.5. The van der Waals surface area contributed by atoms with E-state index in [4.69, 9.17) is 4.42 Å².